The molecule has 1 aromatic carbocycles. The van der Waals surface area contributed by atoms with E-state index in [4.69, 9.17) is 10.00 Å². The summed E-state index contributed by atoms with van der Waals surface area (Å²) in [7, 11) is 1.35. The van der Waals surface area contributed by atoms with Crippen LogP contribution in [-0.4, -0.2) is 18.1 Å². The molecule has 18 heavy (non-hydrogen) atoms. The molecule has 0 bridgehead atoms. The smallest absolute Gasteiger partial charge is 0.340 e. The van der Waals surface area contributed by atoms with Crippen molar-refractivity contribution in [1.29, 1.82) is 5.26 Å². The fourth-order valence-electron chi connectivity index (χ4n) is 1.88. The fourth-order valence-corrected chi connectivity index (χ4v) is 1.88. The van der Waals surface area contributed by atoms with Crippen LogP contribution in [0.1, 0.15) is 21.6 Å². The van der Waals surface area contributed by atoms with E-state index in [1.165, 1.54) is 7.11 Å². The van der Waals surface area contributed by atoms with Gasteiger partial charge in [0.2, 0.25) is 0 Å². The first-order chi connectivity index (χ1) is 8.67. The number of hydrogen-bond donors (Lipinski definition) is 1. The van der Waals surface area contributed by atoms with Crippen molar-refractivity contribution in [3.63, 3.8) is 0 Å². The third kappa shape index (κ3) is 1.98. The fraction of sp³-hybridized carbons (Fsp3) is 0.143. The van der Waals surface area contributed by atoms with Crippen LogP contribution in [0.3, 0.4) is 0 Å². The minimum Gasteiger partial charge on any atom is -0.465 e. The zero-order valence-corrected chi connectivity index (χ0v) is 10.2. The predicted octanol–water partition coefficient (Wildman–Crippen LogP) is 2.65. The number of nitriles is 1. The lowest BCUT2D eigenvalue weighted by molar-refractivity contribution is 0.0602. The molecule has 0 aliphatic heterocycles. The SMILES string of the molecule is COC(=O)c1c[nH]c(C)c1-c1ccc(C#N)cc1. The summed E-state index contributed by atoms with van der Waals surface area (Å²) in [6, 6.07) is 9.15. The normalized spacial score (nSPS) is 9.83. The van der Waals surface area contributed by atoms with Crippen molar-refractivity contribution in [2.75, 3.05) is 7.11 Å². The number of aromatic nitrogens is 1. The van der Waals surface area contributed by atoms with Gasteiger partial charge < -0.3 is 9.72 Å². The van der Waals surface area contributed by atoms with E-state index in [1.807, 2.05) is 19.1 Å². The molecule has 2 rings (SSSR count). The van der Waals surface area contributed by atoms with Gasteiger partial charge in [-0.2, -0.15) is 5.26 Å². The Labute approximate surface area is 105 Å². The van der Waals surface area contributed by atoms with Crippen LogP contribution in [0.15, 0.2) is 30.5 Å². The Morgan fingerprint density at radius 2 is 2.00 bits per heavy atom. The number of ether oxygens (including phenoxy) is 1. The van der Waals surface area contributed by atoms with Gasteiger partial charge in [-0.15, -0.1) is 0 Å². The number of carbonyl (C=O) groups is 1. The molecule has 0 spiro atoms. The summed E-state index contributed by atoms with van der Waals surface area (Å²) in [6.07, 6.45) is 1.63. The lowest BCUT2D eigenvalue weighted by Crippen LogP contribution is -2.01. The molecule has 1 aromatic heterocycles. The third-order valence-electron chi connectivity index (χ3n) is 2.79. The second-order valence-electron chi connectivity index (χ2n) is 3.88. The predicted molar refractivity (Wildman–Crippen MR) is 67.0 cm³/mol. The van der Waals surface area contributed by atoms with E-state index >= 15 is 0 Å². The van der Waals surface area contributed by atoms with Crippen molar-refractivity contribution < 1.29 is 9.53 Å². The maximum atomic E-state index is 11.6. The van der Waals surface area contributed by atoms with E-state index in [0.717, 1.165) is 16.8 Å². The van der Waals surface area contributed by atoms with Crippen molar-refractivity contribution in [3.8, 4) is 17.2 Å². The summed E-state index contributed by atoms with van der Waals surface area (Å²) in [5.74, 6) is -0.376. The molecule has 0 atom stereocenters. The highest BCUT2D eigenvalue weighted by Gasteiger charge is 2.17. The van der Waals surface area contributed by atoms with Crippen LogP contribution in [0.25, 0.3) is 11.1 Å². The van der Waals surface area contributed by atoms with Crippen LogP contribution < -0.4 is 0 Å². The van der Waals surface area contributed by atoms with Crippen LogP contribution in [0.4, 0.5) is 0 Å². The van der Waals surface area contributed by atoms with Crippen LogP contribution in [0, 0.1) is 18.3 Å². The van der Waals surface area contributed by atoms with Crippen molar-refractivity contribution in [1.82, 2.24) is 4.98 Å². The first-order valence-corrected chi connectivity index (χ1v) is 5.44. The Balaban J connectivity index is 2.53. The summed E-state index contributed by atoms with van der Waals surface area (Å²) in [5.41, 5.74) is 3.67. The highest BCUT2D eigenvalue weighted by Crippen LogP contribution is 2.28. The Hall–Kier alpha value is -2.54. The summed E-state index contributed by atoms with van der Waals surface area (Å²) in [6.45, 7) is 1.89. The minimum atomic E-state index is -0.376. The van der Waals surface area contributed by atoms with E-state index in [1.54, 1.807) is 18.3 Å². The molecule has 90 valence electrons. The lowest BCUT2D eigenvalue weighted by atomic mass is 10.0. The second kappa shape index (κ2) is 4.76. The first-order valence-electron chi connectivity index (χ1n) is 5.44. The van der Waals surface area contributed by atoms with Crippen LogP contribution in [-0.2, 0) is 4.74 Å². The lowest BCUT2D eigenvalue weighted by Gasteiger charge is -2.04. The first kappa shape index (κ1) is 11.9. The number of nitrogens with zero attached hydrogens (tertiary/aromatic N) is 1. The number of rotatable bonds is 2. The zero-order valence-electron chi connectivity index (χ0n) is 10.2. The molecule has 4 nitrogen and oxygen atoms in total. The van der Waals surface area contributed by atoms with Gasteiger partial charge in [-0.25, -0.2) is 4.79 Å². The molecule has 0 aliphatic carbocycles. The van der Waals surface area contributed by atoms with Gasteiger partial charge in [0.15, 0.2) is 0 Å². The van der Waals surface area contributed by atoms with Gasteiger partial charge in [0, 0.05) is 17.5 Å². The van der Waals surface area contributed by atoms with Crippen molar-refractivity contribution in [3.05, 3.63) is 47.3 Å². The average Bonchev–Trinajstić information content (AvgIpc) is 2.80. The summed E-state index contributed by atoms with van der Waals surface area (Å²) in [5, 5.41) is 8.76. The number of carbonyl (C=O) groups excluding carboxylic acids is 1. The van der Waals surface area contributed by atoms with Crippen molar-refractivity contribution >= 4 is 5.97 Å². The highest BCUT2D eigenvalue weighted by atomic mass is 16.5. The molecule has 0 radical (unpaired) electrons. The topological polar surface area (TPSA) is 65.9 Å². The molecule has 0 saturated carbocycles. The van der Waals surface area contributed by atoms with E-state index in [0.29, 0.717) is 11.1 Å². The van der Waals surface area contributed by atoms with E-state index in [-0.39, 0.29) is 5.97 Å². The molecule has 0 aliphatic rings. The largest absolute Gasteiger partial charge is 0.465 e. The molecular weight excluding hydrogens is 228 g/mol. The molecule has 1 heterocycles. The Morgan fingerprint density at radius 3 is 2.56 bits per heavy atom. The van der Waals surface area contributed by atoms with Gasteiger partial charge in [-0.1, -0.05) is 12.1 Å². The number of aromatic amines is 1. The van der Waals surface area contributed by atoms with Gasteiger partial charge in [0.05, 0.1) is 24.3 Å². The number of aryl methyl sites for hydroxylation is 1. The number of methoxy groups -OCH3 is 1. The molecule has 1 N–H and O–H groups in total. The number of benzene rings is 1. The Morgan fingerprint density at radius 1 is 1.33 bits per heavy atom. The standard InChI is InChI=1S/C14H12N2O2/c1-9-13(12(8-16-9)14(17)18-2)11-5-3-10(7-15)4-6-11/h3-6,8,16H,1-2H3. The monoisotopic (exact) mass is 240 g/mol. The number of hydrogen-bond acceptors (Lipinski definition) is 3. The molecule has 0 unspecified atom stereocenters. The van der Waals surface area contributed by atoms with Crippen molar-refractivity contribution in [2.24, 2.45) is 0 Å². The van der Waals surface area contributed by atoms with Gasteiger partial charge >= 0.3 is 5.97 Å². The van der Waals surface area contributed by atoms with Crippen molar-refractivity contribution in [2.45, 2.75) is 6.92 Å². The summed E-state index contributed by atoms with van der Waals surface area (Å²) < 4.78 is 4.75. The molecule has 0 fully saturated rings. The van der Waals surface area contributed by atoms with Crippen LogP contribution >= 0.6 is 0 Å². The Bertz CT molecular complexity index is 618. The highest BCUT2D eigenvalue weighted by molar-refractivity contribution is 5.98. The zero-order chi connectivity index (χ0) is 13.1. The minimum absolute atomic E-state index is 0.376. The van der Waals surface area contributed by atoms with Gasteiger partial charge in [0.1, 0.15) is 0 Å². The average molecular weight is 240 g/mol. The van der Waals surface area contributed by atoms with Gasteiger partial charge in [-0.3, -0.25) is 0 Å². The van der Waals surface area contributed by atoms with E-state index < -0.39 is 0 Å². The van der Waals surface area contributed by atoms with Gasteiger partial charge in [0.25, 0.3) is 0 Å². The molecule has 2 aromatic rings. The summed E-state index contributed by atoms with van der Waals surface area (Å²) >= 11 is 0. The third-order valence-corrected chi connectivity index (χ3v) is 2.79. The number of H-pyrrole nitrogens is 1. The van der Waals surface area contributed by atoms with E-state index in [2.05, 4.69) is 11.1 Å². The van der Waals surface area contributed by atoms with Crippen LogP contribution in [0.5, 0.6) is 0 Å². The number of nitrogens with one attached hydrogen (secondary N) is 1. The maximum absolute atomic E-state index is 11.6. The number of esters is 1. The van der Waals surface area contributed by atoms with Crippen LogP contribution in [0.2, 0.25) is 0 Å². The summed E-state index contributed by atoms with van der Waals surface area (Å²) in [4.78, 5) is 14.7. The van der Waals surface area contributed by atoms with Gasteiger partial charge in [-0.05, 0) is 24.6 Å². The molecule has 0 amide bonds. The molecular formula is C14H12N2O2. The maximum Gasteiger partial charge on any atom is 0.340 e. The van der Waals surface area contributed by atoms with E-state index in [9.17, 15) is 4.79 Å². The molecule has 4 heteroatoms. The molecule has 0 saturated heterocycles. The second-order valence-corrected chi connectivity index (χ2v) is 3.88. The quantitative estimate of drug-likeness (QED) is 0.820. The Kier molecular flexibility index (Phi) is 3.16.